The molecule has 132 valence electrons. The van der Waals surface area contributed by atoms with E-state index >= 15 is 0 Å². The number of benzene rings is 2. The Kier molecular flexibility index (Phi) is 3.96. The predicted octanol–water partition coefficient (Wildman–Crippen LogP) is 4.56. The van der Waals surface area contributed by atoms with E-state index in [0.717, 1.165) is 28.6 Å². The molecule has 0 atom stereocenters. The van der Waals surface area contributed by atoms with Crippen molar-refractivity contribution in [1.82, 2.24) is 0 Å². The predicted molar refractivity (Wildman–Crippen MR) is 102 cm³/mol. The molecule has 0 spiro atoms. The van der Waals surface area contributed by atoms with E-state index < -0.39 is 0 Å². The molecule has 4 rings (SSSR count). The number of carbonyl (C=O) groups excluding carboxylic acids is 2. The molecule has 0 bridgehead atoms. The van der Waals surface area contributed by atoms with E-state index in [1.54, 1.807) is 24.0 Å². The van der Waals surface area contributed by atoms with Crippen molar-refractivity contribution in [3.63, 3.8) is 0 Å². The van der Waals surface area contributed by atoms with Gasteiger partial charge in [0, 0.05) is 35.8 Å². The number of hydrogen-bond acceptors (Lipinski definition) is 3. The second kappa shape index (κ2) is 6.18. The van der Waals surface area contributed by atoms with Crippen molar-refractivity contribution in [3.05, 3.63) is 58.3 Å². The molecule has 0 radical (unpaired) electrons. The van der Waals surface area contributed by atoms with Gasteiger partial charge in [0.15, 0.2) is 11.3 Å². The minimum Gasteiger partial charge on any atom is -0.449 e. The number of nitrogens with zero attached hydrogens (tertiary/aromatic N) is 1. The van der Waals surface area contributed by atoms with Gasteiger partial charge in [-0.1, -0.05) is 23.7 Å². The van der Waals surface area contributed by atoms with E-state index in [4.69, 9.17) is 16.0 Å². The number of nitrogens with one attached hydrogen (secondary N) is 1. The molecule has 0 saturated heterocycles. The Hall–Kier alpha value is -2.79. The van der Waals surface area contributed by atoms with Gasteiger partial charge in [-0.05, 0) is 43.2 Å². The highest BCUT2D eigenvalue weighted by atomic mass is 35.5. The summed E-state index contributed by atoms with van der Waals surface area (Å²) in [5.41, 5.74) is 3.89. The second-order valence-electron chi connectivity index (χ2n) is 6.39. The summed E-state index contributed by atoms with van der Waals surface area (Å²) in [5, 5.41) is 4.18. The standard InChI is InChI=1S/C20H17ClN2O3/c1-11-15-4-3-5-16(21)19(15)26-18(11)20(25)22-14-6-7-17-13(10-14)8-9-23(17)12(2)24/h3-7,10H,8-9H2,1-2H3,(H,22,25). The quantitative estimate of drug-likeness (QED) is 0.721. The van der Waals surface area contributed by atoms with Gasteiger partial charge >= 0.3 is 0 Å². The average molecular weight is 369 g/mol. The first-order valence-corrected chi connectivity index (χ1v) is 8.73. The van der Waals surface area contributed by atoms with Crippen molar-refractivity contribution in [1.29, 1.82) is 0 Å². The zero-order chi connectivity index (χ0) is 18.4. The third-order valence-corrected chi connectivity index (χ3v) is 5.03. The zero-order valence-electron chi connectivity index (χ0n) is 14.4. The van der Waals surface area contributed by atoms with Crippen LogP contribution in [0.5, 0.6) is 0 Å². The summed E-state index contributed by atoms with van der Waals surface area (Å²) in [6.45, 7) is 4.06. The minimum absolute atomic E-state index is 0.0234. The third kappa shape index (κ3) is 2.65. The van der Waals surface area contributed by atoms with Gasteiger partial charge in [0.1, 0.15) is 0 Å². The van der Waals surface area contributed by atoms with E-state index in [9.17, 15) is 9.59 Å². The van der Waals surface area contributed by atoms with Crippen LogP contribution in [0, 0.1) is 6.92 Å². The fourth-order valence-electron chi connectivity index (χ4n) is 3.42. The highest BCUT2D eigenvalue weighted by Gasteiger charge is 2.23. The smallest absolute Gasteiger partial charge is 0.291 e. The number of carbonyl (C=O) groups is 2. The van der Waals surface area contributed by atoms with Crippen molar-refractivity contribution in [2.75, 3.05) is 16.8 Å². The van der Waals surface area contributed by atoms with Crippen LogP contribution in [0.2, 0.25) is 5.02 Å². The van der Waals surface area contributed by atoms with E-state index in [0.29, 0.717) is 22.8 Å². The molecule has 0 unspecified atom stereocenters. The monoisotopic (exact) mass is 368 g/mol. The summed E-state index contributed by atoms with van der Waals surface area (Å²) in [4.78, 5) is 26.1. The lowest BCUT2D eigenvalue weighted by molar-refractivity contribution is -0.116. The third-order valence-electron chi connectivity index (χ3n) is 4.73. The lowest BCUT2D eigenvalue weighted by atomic mass is 10.1. The van der Waals surface area contributed by atoms with Gasteiger partial charge in [0.25, 0.3) is 5.91 Å². The number of fused-ring (bicyclic) bond motifs is 2. The van der Waals surface area contributed by atoms with E-state index in [2.05, 4.69) is 5.32 Å². The highest BCUT2D eigenvalue weighted by molar-refractivity contribution is 6.35. The maximum Gasteiger partial charge on any atom is 0.291 e. The molecule has 5 nitrogen and oxygen atoms in total. The van der Waals surface area contributed by atoms with Crippen molar-refractivity contribution >= 4 is 45.8 Å². The van der Waals surface area contributed by atoms with Crippen LogP contribution in [0.3, 0.4) is 0 Å². The van der Waals surface area contributed by atoms with Crippen LogP contribution in [0.4, 0.5) is 11.4 Å². The minimum atomic E-state index is -0.323. The molecule has 1 aromatic heterocycles. The van der Waals surface area contributed by atoms with Crippen LogP contribution in [0.1, 0.15) is 28.6 Å². The summed E-state index contributed by atoms with van der Waals surface area (Å²) >= 11 is 6.15. The Balaban J connectivity index is 1.63. The Morgan fingerprint density at radius 2 is 2.04 bits per heavy atom. The molecule has 1 N–H and O–H groups in total. The second-order valence-corrected chi connectivity index (χ2v) is 6.80. The van der Waals surface area contributed by atoms with Gasteiger partial charge in [-0.15, -0.1) is 0 Å². The van der Waals surface area contributed by atoms with Crippen molar-refractivity contribution in [3.8, 4) is 0 Å². The Morgan fingerprint density at radius 1 is 1.23 bits per heavy atom. The SMILES string of the molecule is CC(=O)N1CCc2cc(NC(=O)c3oc4c(Cl)cccc4c3C)ccc21. The fraction of sp³-hybridized carbons (Fsp3) is 0.200. The van der Waals surface area contributed by atoms with E-state index in [1.165, 1.54) is 0 Å². The summed E-state index contributed by atoms with van der Waals surface area (Å²) in [6, 6.07) is 11.0. The van der Waals surface area contributed by atoms with Crippen LogP contribution in [0.15, 0.2) is 40.8 Å². The molecule has 2 amide bonds. The molecule has 1 aliphatic rings. The number of furan rings is 1. The number of para-hydroxylation sites is 1. The first-order chi connectivity index (χ1) is 12.5. The number of hydrogen-bond donors (Lipinski definition) is 1. The molecule has 1 aliphatic heterocycles. The van der Waals surface area contributed by atoms with Gasteiger partial charge in [0.05, 0.1) is 5.02 Å². The molecule has 3 aromatic rings. The highest BCUT2D eigenvalue weighted by Crippen LogP contribution is 2.33. The Labute approximate surface area is 155 Å². The summed E-state index contributed by atoms with van der Waals surface area (Å²) < 4.78 is 5.71. The van der Waals surface area contributed by atoms with Gasteiger partial charge in [-0.2, -0.15) is 0 Å². The average Bonchev–Trinajstić information content (AvgIpc) is 3.17. The Morgan fingerprint density at radius 3 is 2.77 bits per heavy atom. The fourth-order valence-corrected chi connectivity index (χ4v) is 3.63. The van der Waals surface area contributed by atoms with Gasteiger partial charge < -0.3 is 14.6 Å². The van der Waals surface area contributed by atoms with Gasteiger partial charge in [0.2, 0.25) is 5.91 Å². The van der Waals surface area contributed by atoms with Crippen LogP contribution in [0.25, 0.3) is 11.0 Å². The van der Waals surface area contributed by atoms with Gasteiger partial charge in [-0.3, -0.25) is 9.59 Å². The van der Waals surface area contributed by atoms with Crippen LogP contribution >= 0.6 is 11.6 Å². The first kappa shape index (κ1) is 16.7. The summed E-state index contributed by atoms with van der Waals surface area (Å²) in [7, 11) is 0. The Bertz CT molecular complexity index is 1050. The van der Waals surface area contributed by atoms with E-state index in [-0.39, 0.29) is 17.6 Å². The lowest BCUT2D eigenvalue weighted by Gasteiger charge is -2.15. The topological polar surface area (TPSA) is 62.6 Å². The van der Waals surface area contributed by atoms with Crippen LogP contribution < -0.4 is 10.2 Å². The molecular weight excluding hydrogens is 352 g/mol. The number of rotatable bonds is 2. The number of amides is 2. The number of halogens is 1. The van der Waals surface area contributed by atoms with Gasteiger partial charge in [-0.25, -0.2) is 0 Å². The summed E-state index contributed by atoms with van der Waals surface area (Å²) in [6.07, 6.45) is 0.776. The van der Waals surface area contributed by atoms with Crippen molar-refractivity contribution in [2.24, 2.45) is 0 Å². The zero-order valence-corrected chi connectivity index (χ0v) is 15.2. The molecule has 2 aromatic carbocycles. The largest absolute Gasteiger partial charge is 0.449 e. The number of aryl methyl sites for hydroxylation is 1. The maximum absolute atomic E-state index is 12.7. The normalized spacial score (nSPS) is 13.1. The molecule has 0 saturated carbocycles. The molecule has 6 heteroatoms. The van der Waals surface area contributed by atoms with E-state index in [1.807, 2.05) is 31.2 Å². The molecular formula is C20H17ClN2O3. The summed E-state index contributed by atoms with van der Waals surface area (Å²) in [5.74, 6) is -0.0505. The van der Waals surface area contributed by atoms with Crippen molar-refractivity contribution in [2.45, 2.75) is 20.3 Å². The molecule has 0 aliphatic carbocycles. The first-order valence-electron chi connectivity index (χ1n) is 8.35. The molecule has 0 fully saturated rings. The van der Waals surface area contributed by atoms with Crippen LogP contribution in [-0.2, 0) is 11.2 Å². The van der Waals surface area contributed by atoms with Crippen LogP contribution in [-0.4, -0.2) is 18.4 Å². The van der Waals surface area contributed by atoms with Crippen molar-refractivity contribution < 1.29 is 14.0 Å². The maximum atomic E-state index is 12.7. The number of anilines is 2. The molecule has 2 heterocycles. The lowest BCUT2D eigenvalue weighted by Crippen LogP contribution is -2.25. The molecule has 26 heavy (non-hydrogen) atoms.